The summed E-state index contributed by atoms with van der Waals surface area (Å²) in [4.78, 5) is 39.5. The number of carbonyl (C=O) groups is 3. The number of rotatable bonds is 7. The van der Waals surface area contributed by atoms with Crippen molar-refractivity contribution in [1.29, 1.82) is 5.26 Å². The molecule has 0 aliphatic heterocycles. The van der Waals surface area contributed by atoms with Gasteiger partial charge in [-0.3, -0.25) is 9.59 Å². The van der Waals surface area contributed by atoms with E-state index in [2.05, 4.69) is 9.55 Å². The number of Topliss-reactive ketones (excluding diaryl/α,β-unsaturated/α-hetero) is 2. The van der Waals surface area contributed by atoms with Gasteiger partial charge in [-0.1, -0.05) is 0 Å². The maximum atomic E-state index is 12.5. The number of esters is 1. The lowest BCUT2D eigenvalue weighted by molar-refractivity contribution is -0.137. The van der Waals surface area contributed by atoms with Crippen LogP contribution >= 0.6 is 0 Å². The Kier molecular flexibility index (Phi) is 5.79. The molecule has 1 fully saturated rings. The van der Waals surface area contributed by atoms with Crippen molar-refractivity contribution >= 4 is 23.6 Å². The van der Waals surface area contributed by atoms with Crippen molar-refractivity contribution in [3.63, 3.8) is 0 Å². The molecule has 1 aliphatic carbocycles. The summed E-state index contributed by atoms with van der Waals surface area (Å²) in [5, 5.41) is 9.42. The third kappa shape index (κ3) is 3.99. The van der Waals surface area contributed by atoms with E-state index in [0.29, 0.717) is 22.9 Å². The first-order valence-electron chi connectivity index (χ1n) is 9.86. The Morgan fingerprint density at radius 2 is 1.93 bits per heavy atom. The Balaban J connectivity index is 1.74. The zero-order valence-corrected chi connectivity index (χ0v) is 17.9. The normalized spacial score (nSPS) is 13.8. The molecule has 1 saturated carbocycles. The van der Waals surface area contributed by atoms with Gasteiger partial charge in [0.25, 0.3) is 0 Å². The molecule has 0 spiro atoms. The molecule has 0 unspecified atom stereocenters. The number of hydrogen-bond donors (Lipinski definition) is 1. The largest absolute Gasteiger partial charge is 0.453 e. The van der Waals surface area contributed by atoms with Gasteiger partial charge in [0.1, 0.15) is 11.6 Å². The molecule has 0 radical (unpaired) electrons. The summed E-state index contributed by atoms with van der Waals surface area (Å²) >= 11 is 0. The van der Waals surface area contributed by atoms with Gasteiger partial charge in [0, 0.05) is 28.7 Å². The van der Waals surface area contributed by atoms with E-state index >= 15 is 0 Å². The summed E-state index contributed by atoms with van der Waals surface area (Å²) in [6, 6.07) is 4.30. The fourth-order valence-electron chi connectivity index (χ4n) is 3.97. The highest BCUT2D eigenvalue weighted by molar-refractivity contribution is 6.05. The van der Waals surface area contributed by atoms with Crippen molar-refractivity contribution in [2.45, 2.75) is 53.5 Å². The number of aromatic amines is 1. The molecule has 0 saturated heterocycles. The van der Waals surface area contributed by atoms with Crippen LogP contribution in [0.3, 0.4) is 0 Å². The molecule has 1 N–H and O–H groups in total. The van der Waals surface area contributed by atoms with E-state index in [4.69, 9.17) is 4.74 Å². The Morgan fingerprint density at radius 3 is 2.47 bits per heavy atom. The third-order valence-corrected chi connectivity index (χ3v) is 5.48. The van der Waals surface area contributed by atoms with Crippen LogP contribution in [0.5, 0.6) is 0 Å². The second-order valence-corrected chi connectivity index (χ2v) is 7.78. The Bertz CT molecular complexity index is 1120. The molecular weight excluding hydrogens is 382 g/mol. The van der Waals surface area contributed by atoms with Crippen LogP contribution in [0.2, 0.25) is 0 Å². The lowest BCUT2D eigenvalue weighted by atomic mass is 10.1. The average molecular weight is 407 g/mol. The third-order valence-electron chi connectivity index (χ3n) is 5.48. The van der Waals surface area contributed by atoms with Gasteiger partial charge in [-0.15, -0.1) is 0 Å². The lowest BCUT2D eigenvalue weighted by Crippen LogP contribution is -2.16. The van der Waals surface area contributed by atoms with Crippen molar-refractivity contribution in [3.05, 3.63) is 51.1 Å². The van der Waals surface area contributed by atoms with Crippen LogP contribution in [0.15, 0.2) is 11.6 Å². The number of ether oxygens (including phenoxy) is 1. The second-order valence-electron chi connectivity index (χ2n) is 7.78. The molecule has 2 heterocycles. The molecule has 0 bridgehead atoms. The van der Waals surface area contributed by atoms with E-state index in [-0.39, 0.29) is 17.1 Å². The number of ketones is 2. The fourth-order valence-corrected chi connectivity index (χ4v) is 3.97. The Hall–Kier alpha value is -3.40. The molecular formula is C23H25N3O4. The first-order chi connectivity index (χ1) is 14.1. The van der Waals surface area contributed by atoms with Gasteiger partial charge in [-0.25, -0.2) is 4.79 Å². The van der Waals surface area contributed by atoms with Crippen LogP contribution < -0.4 is 0 Å². The summed E-state index contributed by atoms with van der Waals surface area (Å²) in [5.41, 5.74) is 4.54. The van der Waals surface area contributed by atoms with Gasteiger partial charge in [-0.05, 0) is 70.7 Å². The van der Waals surface area contributed by atoms with Gasteiger partial charge in [0.15, 0.2) is 12.4 Å². The highest BCUT2D eigenvalue weighted by Crippen LogP contribution is 2.38. The average Bonchev–Trinajstić information content (AvgIpc) is 3.40. The van der Waals surface area contributed by atoms with Crippen LogP contribution in [0.4, 0.5) is 0 Å². The van der Waals surface area contributed by atoms with Gasteiger partial charge >= 0.3 is 5.97 Å². The molecule has 0 aromatic carbocycles. The number of nitrogens with one attached hydrogen (secondary N) is 1. The van der Waals surface area contributed by atoms with Crippen molar-refractivity contribution < 1.29 is 19.1 Å². The molecule has 1 aliphatic rings. The van der Waals surface area contributed by atoms with Crippen LogP contribution in [-0.2, 0) is 9.53 Å². The zero-order valence-electron chi connectivity index (χ0n) is 17.9. The second kappa shape index (κ2) is 8.15. The lowest BCUT2D eigenvalue weighted by Gasteiger charge is -2.07. The number of aryl methyl sites for hydroxylation is 2. The molecule has 156 valence electrons. The highest BCUT2D eigenvalue weighted by atomic mass is 16.5. The zero-order chi connectivity index (χ0) is 22.2. The number of nitrogens with zero attached hydrogens (tertiary/aromatic N) is 2. The molecule has 2 aromatic heterocycles. The first kappa shape index (κ1) is 21.3. The van der Waals surface area contributed by atoms with Gasteiger partial charge in [0.2, 0.25) is 5.78 Å². The monoisotopic (exact) mass is 407 g/mol. The van der Waals surface area contributed by atoms with Crippen LogP contribution in [0.25, 0.3) is 6.08 Å². The van der Waals surface area contributed by atoms with Gasteiger partial charge < -0.3 is 14.3 Å². The smallest absolute Gasteiger partial charge is 0.349 e. The van der Waals surface area contributed by atoms with Crippen LogP contribution in [-0.4, -0.2) is 33.7 Å². The van der Waals surface area contributed by atoms with E-state index in [1.165, 1.54) is 13.0 Å². The molecule has 7 nitrogen and oxygen atoms in total. The van der Waals surface area contributed by atoms with Crippen LogP contribution in [0, 0.1) is 39.0 Å². The van der Waals surface area contributed by atoms with E-state index in [0.717, 1.165) is 29.8 Å². The fraction of sp³-hybridized carbons (Fsp3) is 0.391. The van der Waals surface area contributed by atoms with E-state index < -0.39 is 18.4 Å². The Labute approximate surface area is 175 Å². The summed E-state index contributed by atoms with van der Waals surface area (Å²) in [6.45, 7) is 8.26. The number of carbonyl (C=O) groups excluding carboxylic acids is 3. The minimum absolute atomic E-state index is 0.143. The van der Waals surface area contributed by atoms with Crippen LogP contribution in [0.1, 0.15) is 74.9 Å². The molecule has 3 rings (SSSR count). The van der Waals surface area contributed by atoms with Crippen molar-refractivity contribution in [1.82, 2.24) is 9.55 Å². The summed E-state index contributed by atoms with van der Waals surface area (Å²) in [7, 11) is 0. The maximum Gasteiger partial charge on any atom is 0.349 e. The maximum absolute atomic E-state index is 12.5. The highest BCUT2D eigenvalue weighted by Gasteiger charge is 2.27. The first-order valence-corrected chi connectivity index (χ1v) is 9.86. The van der Waals surface area contributed by atoms with E-state index in [1.54, 1.807) is 13.8 Å². The Morgan fingerprint density at radius 1 is 1.27 bits per heavy atom. The minimum Gasteiger partial charge on any atom is -0.453 e. The molecule has 30 heavy (non-hydrogen) atoms. The van der Waals surface area contributed by atoms with E-state index in [1.807, 2.05) is 26.0 Å². The topological polar surface area (TPSA) is 105 Å². The summed E-state index contributed by atoms with van der Waals surface area (Å²) < 4.78 is 7.31. The summed E-state index contributed by atoms with van der Waals surface area (Å²) in [5.74, 6) is -1.45. The predicted octanol–water partition coefficient (Wildman–Crippen LogP) is 3.92. The number of H-pyrrole nitrogens is 1. The predicted molar refractivity (Wildman–Crippen MR) is 111 cm³/mol. The summed E-state index contributed by atoms with van der Waals surface area (Å²) in [6.07, 6.45) is 3.78. The minimum atomic E-state index is -0.852. The van der Waals surface area contributed by atoms with Crippen molar-refractivity contribution in [3.8, 4) is 6.07 Å². The molecule has 7 heteroatoms. The molecule has 0 amide bonds. The number of nitriles is 1. The SMILES string of the molecule is CC(=O)c1c(C)[nH]c(C(=O)COC(=O)/C(C#N)=C/c2cc(C)n(C3CC3)c2C)c1C. The molecule has 2 aromatic rings. The van der Waals surface area contributed by atoms with Gasteiger partial charge in [0.05, 0.1) is 5.69 Å². The quantitative estimate of drug-likeness (QED) is 0.324. The van der Waals surface area contributed by atoms with Crippen molar-refractivity contribution in [2.24, 2.45) is 0 Å². The van der Waals surface area contributed by atoms with Crippen molar-refractivity contribution in [2.75, 3.05) is 6.61 Å². The van der Waals surface area contributed by atoms with E-state index in [9.17, 15) is 19.6 Å². The van der Waals surface area contributed by atoms with Gasteiger partial charge in [-0.2, -0.15) is 5.26 Å². The number of aromatic nitrogens is 2. The standard InChI is InChI=1S/C23H25N3O4/c1-12-8-17(15(4)26(12)19-6-7-19)9-18(10-24)23(29)30-11-20(28)22-13(2)21(16(5)27)14(3)25-22/h8-9,19,25H,6-7,11H2,1-5H3/b18-9+. The number of hydrogen-bond acceptors (Lipinski definition) is 5. The molecule has 0 atom stereocenters.